The number of benzene rings is 1. The summed E-state index contributed by atoms with van der Waals surface area (Å²) in [4.78, 5) is 14.0. The Morgan fingerprint density at radius 2 is 1.85 bits per heavy atom. The van der Waals surface area contributed by atoms with E-state index in [1.807, 2.05) is 30.9 Å². The van der Waals surface area contributed by atoms with Crippen LogP contribution in [-0.2, 0) is 6.42 Å². The molecule has 0 saturated heterocycles. The Kier molecular flexibility index (Phi) is 7.06. The number of nitrogens with zero attached hydrogens (tertiary/aromatic N) is 1. The van der Waals surface area contributed by atoms with Crippen LogP contribution in [0.5, 0.6) is 0 Å². The zero-order chi connectivity index (χ0) is 15.1. The topological polar surface area (TPSA) is 32.3 Å². The number of halogens is 1. The van der Waals surface area contributed by atoms with Crippen LogP contribution in [0.3, 0.4) is 0 Å². The number of nitrogens with one attached hydrogen (secondary N) is 1. The Balaban J connectivity index is 2.50. The molecule has 0 radical (unpaired) electrons. The van der Waals surface area contributed by atoms with Crippen molar-refractivity contribution >= 4 is 22.0 Å². The summed E-state index contributed by atoms with van der Waals surface area (Å²) in [5.74, 6) is 0.488. The lowest BCUT2D eigenvalue weighted by Crippen LogP contribution is -2.45. The van der Waals surface area contributed by atoms with Crippen LogP contribution in [0.1, 0.15) is 33.3 Å². The molecule has 4 heteroatoms. The van der Waals surface area contributed by atoms with E-state index < -0.39 is 0 Å². The van der Waals surface area contributed by atoms with Crippen molar-refractivity contribution in [2.45, 2.75) is 40.2 Å². The molecule has 2 amide bonds. The summed E-state index contributed by atoms with van der Waals surface area (Å²) in [6.07, 6.45) is 0.845. The number of hydrogen-bond acceptors (Lipinski definition) is 1. The fourth-order valence-electron chi connectivity index (χ4n) is 2.12. The van der Waals surface area contributed by atoms with Crippen LogP contribution in [0.2, 0.25) is 0 Å². The van der Waals surface area contributed by atoms with Gasteiger partial charge in [0.1, 0.15) is 0 Å². The molecule has 0 aliphatic carbocycles. The average molecular weight is 341 g/mol. The van der Waals surface area contributed by atoms with E-state index in [-0.39, 0.29) is 12.1 Å². The molecule has 0 heterocycles. The minimum Gasteiger partial charge on any atom is -0.335 e. The summed E-state index contributed by atoms with van der Waals surface area (Å²) in [5, 5.41) is 3.07. The largest absolute Gasteiger partial charge is 0.335 e. The molecule has 1 aromatic carbocycles. The fraction of sp³-hybridized carbons (Fsp3) is 0.562. The minimum absolute atomic E-state index is 0.0332. The van der Waals surface area contributed by atoms with E-state index in [9.17, 15) is 4.79 Å². The van der Waals surface area contributed by atoms with E-state index >= 15 is 0 Å². The molecule has 3 nitrogen and oxygen atoms in total. The molecule has 0 aliphatic heterocycles. The molecule has 20 heavy (non-hydrogen) atoms. The number of amides is 2. The van der Waals surface area contributed by atoms with E-state index in [1.54, 1.807) is 0 Å². The second kappa shape index (κ2) is 8.30. The van der Waals surface area contributed by atoms with E-state index in [1.165, 1.54) is 5.56 Å². The first-order valence-corrected chi connectivity index (χ1v) is 8.01. The highest BCUT2D eigenvalue weighted by Gasteiger charge is 2.15. The Bertz CT molecular complexity index is 417. The zero-order valence-corrected chi connectivity index (χ0v) is 14.4. The van der Waals surface area contributed by atoms with Gasteiger partial charge in [0.25, 0.3) is 0 Å². The van der Waals surface area contributed by atoms with Crippen LogP contribution in [0.15, 0.2) is 28.7 Å². The lowest BCUT2D eigenvalue weighted by molar-refractivity contribution is 0.190. The van der Waals surface area contributed by atoms with Crippen molar-refractivity contribution in [2.24, 2.45) is 5.92 Å². The molecule has 0 saturated carbocycles. The van der Waals surface area contributed by atoms with Gasteiger partial charge in [-0.25, -0.2) is 4.79 Å². The summed E-state index contributed by atoms with van der Waals surface area (Å²) in [6, 6.07) is 8.38. The summed E-state index contributed by atoms with van der Waals surface area (Å²) in [6.45, 7) is 9.86. The maximum Gasteiger partial charge on any atom is 0.317 e. The minimum atomic E-state index is 0.0332. The van der Waals surface area contributed by atoms with Crippen molar-refractivity contribution in [1.29, 1.82) is 0 Å². The fourth-order valence-corrected chi connectivity index (χ4v) is 2.39. The second-order valence-electron chi connectivity index (χ2n) is 5.61. The van der Waals surface area contributed by atoms with Gasteiger partial charge in [-0.2, -0.15) is 0 Å². The highest BCUT2D eigenvalue weighted by molar-refractivity contribution is 9.10. The van der Waals surface area contributed by atoms with E-state index in [2.05, 4.69) is 47.2 Å². The van der Waals surface area contributed by atoms with Crippen LogP contribution in [-0.4, -0.2) is 30.1 Å². The summed E-state index contributed by atoms with van der Waals surface area (Å²) in [5.41, 5.74) is 1.23. The quantitative estimate of drug-likeness (QED) is 0.831. The van der Waals surface area contributed by atoms with Crippen LogP contribution in [0.25, 0.3) is 0 Å². The normalized spacial score (nSPS) is 12.3. The molecule has 0 fully saturated rings. The highest BCUT2D eigenvalue weighted by atomic mass is 79.9. The Morgan fingerprint density at radius 3 is 2.35 bits per heavy atom. The summed E-state index contributed by atoms with van der Waals surface area (Å²) >= 11 is 3.43. The Hall–Kier alpha value is -1.03. The first-order valence-electron chi connectivity index (χ1n) is 7.22. The first-order chi connectivity index (χ1) is 9.42. The van der Waals surface area contributed by atoms with Crippen LogP contribution in [0, 0.1) is 5.92 Å². The average Bonchev–Trinajstić information content (AvgIpc) is 2.38. The third kappa shape index (κ3) is 5.95. The van der Waals surface area contributed by atoms with Gasteiger partial charge in [0.05, 0.1) is 0 Å². The van der Waals surface area contributed by atoms with Gasteiger partial charge in [-0.05, 0) is 43.9 Å². The van der Waals surface area contributed by atoms with Crippen LogP contribution in [0.4, 0.5) is 4.79 Å². The number of urea groups is 1. The maximum absolute atomic E-state index is 12.2. The van der Waals surface area contributed by atoms with E-state index in [0.29, 0.717) is 5.92 Å². The van der Waals surface area contributed by atoms with Crippen molar-refractivity contribution in [3.05, 3.63) is 34.3 Å². The molecule has 0 spiro atoms. The summed E-state index contributed by atoms with van der Waals surface area (Å²) < 4.78 is 1.08. The van der Waals surface area contributed by atoms with Crippen LogP contribution < -0.4 is 5.32 Å². The van der Waals surface area contributed by atoms with Crippen molar-refractivity contribution in [1.82, 2.24) is 10.2 Å². The standard InChI is InChI=1S/C16H25BrN2O/c1-5-19(11-12(2)3)16(20)18-13(4)10-14-6-8-15(17)9-7-14/h6-9,12-13H,5,10-11H2,1-4H3,(H,18,20). The van der Waals surface area contributed by atoms with Gasteiger partial charge < -0.3 is 10.2 Å². The van der Waals surface area contributed by atoms with Crippen LogP contribution >= 0.6 is 15.9 Å². The highest BCUT2D eigenvalue weighted by Crippen LogP contribution is 2.12. The predicted octanol–water partition coefficient (Wildman–Crippen LogP) is 4.07. The molecular weight excluding hydrogens is 316 g/mol. The summed E-state index contributed by atoms with van der Waals surface area (Å²) in [7, 11) is 0. The second-order valence-corrected chi connectivity index (χ2v) is 6.53. The van der Waals surface area contributed by atoms with Crippen molar-refractivity contribution in [2.75, 3.05) is 13.1 Å². The molecule has 1 rings (SSSR count). The predicted molar refractivity (Wildman–Crippen MR) is 87.9 cm³/mol. The van der Waals surface area contributed by atoms with Crippen molar-refractivity contribution in [3.8, 4) is 0 Å². The van der Waals surface area contributed by atoms with E-state index in [0.717, 1.165) is 24.0 Å². The van der Waals surface area contributed by atoms with E-state index in [4.69, 9.17) is 0 Å². The molecule has 1 aromatic rings. The smallest absolute Gasteiger partial charge is 0.317 e. The molecule has 0 aromatic heterocycles. The first kappa shape index (κ1) is 17.0. The third-order valence-electron chi connectivity index (χ3n) is 3.08. The van der Waals surface area contributed by atoms with Gasteiger partial charge in [0, 0.05) is 23.6 Å². The van der Waals surface area contributed by atoms with Gasteiger partial charge in [-0.3, -0.25) is 0 Å². The molecule has 112 valence electrons. The van der Waals surface area contributed by atoms with Gasteiger partial charge in [-0.1, -0.05) is 41.9 Å². The van der Waals surface area contributed by atoms with Crippen molar-refractivity contribution < 1.29 is 4.79 Å². The molecule has 0 bridgehead atoms. The molecular formula is C16H25BrN2O. The van der Waals surface area contributed by atoms with Gasteiger partial charge >= 0.3 is 6.03 Å². The number of carbonyl (C=O) groups is 1. The number of rotatable bonds is 6. The molecule has 1 unspecified atom stereocenters. The van der Waals surface area contributed by atoms with Gasteiger partial charge in [0.2, 0.25) is 0 Å². The third-order valence-corrected chi connectivity index (χ3v) is 3.61. The van der Waals surface area contributed by atoms with Crippen molar-refractivity contribution in [3.63, 3.8) is 0 Å². The Morgan fingerprint density at radius 1 is 1.25 bits per heavy atom. The number of carbonyl (C=O) groups excluding carboxylic acids is 1. The zero-order valence-electron chi connectivity index (χ0n) is 12.8. The van der Waals surface area contributed by atoms with Gasteiger partial charge in [-0.15, -0.1) is 0 Å². The SMILES string of the molecule is CCN(CC(C)C)C(=O)NC(C)Cc1ccc(Br)cc1. The lowest BCUT2D eigenvalue weighted by atomic mass is 10.1. The molecule has 1 N–H and O–H groups in total. The Labute approximate surface area is 130 Å². The molecule has 0 aliphatic rings. The maximum atomic E-state index is 12.2. The van der Waals surface area contributed by atoms with Gasteiger partial charge in [0.15, 0.2) is 0 Å². The number of hydrogen-bond donors (Lipinski definition) is 1. The molecule has 1 atom stereocenters. The lowest BCUT2D eigenvalue weighted by Gasteiger charge is -2.25. The monoisotopic (exact) mass is 340 g/mol.